The van der Waals surface area contributed by atoms with Crippen LogP contribution >= 0.6 is 0 Å². The molecule has 2 heterocycles. The normalized spacial score (nSPS) is 25.9. The maximum atomic E-state index is 12.6. The van der Waals surface area contributed by atoms with Gasteiger partial charge in [0.05, 0.1) is 12.3 Å². The predicted molar refractivity (Wildman–Crippen MR) is 78.4 cm³/mol. The largest absolute Gasteiger partial charge is 0.381 e. The summed E-state index contributed by atoms with van der Waals surface area (Å²) < 4.78 is 34.0. The molecule has 0 N–H and O–H groups in total. The van der Waals surface area contributed by atoms with Gasteiger partial charge < -0.3 is 4.74 Å². The Kier molecular flexibility index (Phi) is 3.83. The first-order chi connectivity index (χ1) is 10.0. The molecule has 1 unspecified atom stereocenters. The second-order valence-electron chi connectivity index (χ2n) is 6.06. The number of hydrogen-bond donors (Lipinski definition) is 0. The topological polar surface area (TPSA) is 64.4 Å². The van der Waals surface area contributed by atoms with Crippen molar-refractivity contribution in [2.24, 2.45) is 5.41 Å². The van der Waals surface area contributed by atoms with E-state index in [-0.39, 0.29) is 5.41 Å². The minimum atomic E-state index is -3.40. The molecule has 1 atom stereocenters. The zero-order chi connectivity index (χ0) is 15.1. The highest BCUT2D eigenvalue weighted by Gasteiger charge is 2.49. The Balaban J connectivity index is 1.71. The number of sulfonamides is 1. The van der Waals surface area contributed by atoms with Crippen molar-refractivity contribution in [3.63, 3.8) is 0 Å². The molecule has 2 fully saturated rings. The number of aromatic nitrogens is 2. The van der Waals surface area contributed by atoms with Gasteiger partial charge in [0.25, 0.3) is 0 Å². The summed E-state index contributed by atoms with van der Waals surface area (Å²) in [4.78, 5) is 0.303. The average molecular weight is 313 g/mol. The van der Waals surface area contributed by atoms with Gasteiger partial charge in [-0.15, -0.1) is 0 Å². The summed E-state index contributed by atoms with van der Waals surface area (Å²) in [5.74, 6) is 0. The van der Waals surface area contributed by atoms with E-state index in [1.807, 2.05) is 6.92 Å². The van der Waals surface area contributed by atoms with Crippen LogP contribution in [-0.2, 0) is 21.3 Å². The number of piperidine rings is 1. The SMILES string of the molecule is CCn1cc(S(=O)(=O)N2CCC3(CCC3OC)CC2)cn1. The molecule has 118 valence electrons. The average Bonchev–Trinajstić information content (AvgIpc) is 2.96. The first-order valence-electron chi connectivity index (χ1n) is 7.57. The Hall–Kier alpha value is -0.920. The van der Waals surface area contributed by atoms with Gasteiger partial charge in [-0.3, -0.25) is 4.68 Å². The van der Waals surface area contributed by atoms with Gasteiger partial charge in [0.2, 0.25) is 10.0 Å². The van der Waals surface area contributed by atoms with Crippen LogP contribution in [-0.4, -0.2) is 48.8 Å². The number of aryl methyl sites for hydroxylation is 1. The number of rotatable bonds is 4. The van der Waals surface area contributed by atoms with Crippen LogP contribution < -0.4 is 0 Å². The third kappa shape index (κ3) is 2.41. The van der Waals surface area contributed by atoms with Crippen molar-refractivity contribution < 1.29 is 13.2 Å². The van der Waals surface area contributed by atoms with E-state index in [0.29, 0.717) is 30.6 Å². The summed E-state index contributed by atoms with van der Waals surface area (Å²) in [5, 5.41) is 4.07. The van der Waals surface area contributed by atoms with E-state index >= 15 is 0 Å². The lowest BCUT2D eigenvalue weighted by Gasteiger charge is -2.52. The summed E-state index contributed by atoms with van der Waals surface area (Å²) in [6, 6.07) is 0. The molecule has 1 spiro atoms. The zero-order valence-corrected chi connectivity index (χ0v) is 13.5. The first-order valence-corrected chi connectivity index (χ1v) is 9.01. The Labute approximate surface area is 126 Å². The van der Waals surface area contributed by atoms with E-state index in [2.05, 4.69) is 5.10 Å². The maximum absolute atomic E-state index is 12.6. The Morgan fingerprint density at radius 1 is 1.38 bits per heavy atom. The highest BCUT2D eigenvalue weighted by atomic mass is 32.2. The van der Waals surface area contributed by atoms with E-state index in [9.17, 15) is 8.42 Å². The molecular weight excluding hydrogens is 290 g/mol. The zero-order valence-electron chi connectivity index (χ0n) is 12.7. The summed E-state index contributed by atoms with van der Waals surface area (Å²) in [6.07, 6.45) is 7.43. The van der Waals surface area contributed by atoms with Gasteiger partial charge in [-0.25, -0.2) is 8.42 Å². The molecule has 21 heavy (non-hydrogen) atoms. The molecule has 0 bridgehead atoms. The van der Waals surface area contributed by atoms with Crippen molar-refractivity contribution in [3.8, 4) is 0 Å². The second kappa shape index (κ2) is 5.37. The van der Waals surface area contributed by atoms with E-state index in [0.717, 1.165) is 25.7 Å². The number of nitrogens with zero attached hydrogens (tertiary/aromatic N) is 3. The van der Waals surface area contributed by atoms with Crippen molar-refractivity contribution in [2.45, 2.75) is 50.2 Å². The van der Waals surface area contributed by atoms with Gasteiger partial charge in [0.15, 0.2) is 0 Å². The summed E-state index contributed by atoms with van der Waals surface area (Å²) in [6.45, 7) is 3.78. The molecule has 1 saturated heterocycles. The first kappa shape index (κ1) is 15.0. The predicted octanol–water partition coefficient (Wildman–Crippen LogP) is 1.48. The van der Waals surface area contributed by atoms with Crippen molar-refractivity contribution >= 4 is 10.0 Å². The number of hydrogen-bond acceptors (Lipinski definition) is 4. The Bertz CT molecular complexity index is 601. The molecule has 0 amide bonds. The summed E-state index contributed by atoms with van der Waals surface area (Å²) in [5.41, 5.74) is 0.217. The fraction of sp³-hybridized carbons (Fsp3) is 0.786. The Morgan fingerprint density at radius 2 is 2.10 bits per heavy atom. The van der Waals surface area contributed by atoms with Crippen molar-refractivity contribution in [1.29, 1.82) is 0 Å². The van der Waals surface area contributed by atoms with Gasteiger partial charge >= 0.3 is 0 Å². The molecule has 0 aromatic carbocycles. The van der Waals surface area contributed by atoms with Crippen LogP contribution in [0.25, 0.3) is 0 Å². The van der Waals surface area contributed by atoms with Crippen LogP contribution in [0.15, 0.2) is 17.3 Å². The van der Waals surface area contributed by atoms with Gasteiger partial charge in [-0.1, -0.05) is 0 Å². The van der Waals surface area contributed by atoms with Gasteiger partial charge in [-0.2, -0.15) is 9.40 Å². The quantitative estimate of drug-likeness (QED) is 0.844. The minimum Gasteiger partial charge on any atom is -0.381 e. The third-order valence-electron chi connectivity index (χ3n) is 5.16. The van der Waals surface area contributed by atoms with Crippen molar-refractivity contribution in [3.05, 3.63) is 12.4 Å². The molecule has 6 nitrogen and oxygen atoms in total. The van der Waals surface area contributed by atoms with Crippen LogP contribution in [0.5, 0.6) is 0 Å². The van der Waals surface area contributed by atoms with Gasteiger partial charge in [-0.05, 0) is 38.0 Å². The lowest BCUT2D eigenvalue weighted by Crippen LogP contribution is -2.53. The van der Waals surface area contributed by atoms with E-state index in [4.69, 9.17) is 4.74 Å². The number of methoxy groups -OCH3 is 1. The molecule has 1 saturated carbocycles. The van der Waals surface area contributed by atoms with Crippen molar-refractivity contribution in [1.82, 2.24) is 14.1 Å². The van der Waals surface area contributed by atoms with Gasteiger partial charge in [0.1, 0.15) is 4.90 Å². The smallest absolute Gasteiger partial charge is 0.246 e. The number of ether oxygens (including phenoxy) is 1. The highest BCUT2D eigenvalue weighted by Crippen LogP contribution is 2.50. The van der Waals surface area contributed by atoms with Crippen LogP contribution in [0.3, 0.4) is 0 Å². The second-order valence-corrected chi connectivity index (χ2v) is 8.00. The molecule has 7 heteroatoms. The molecule has 1 aliphatic heterocycles. The van der Waals surface area contributed by atoms with E-state index < -0.39 is 10.0 Å². The lowest BCUT2D eigenvalue weighted by atomic mass is 9.61. The molecular formula is C14H23N3O3S. The fourth-order valence-electron chi connectivity index (χ4n) is 3.58. The minimum absolute atomic E-state index is 0.217. The van der Waals surface area contributed by atoms with Gasteiger partial charge in [0, 0.05) is 32.9 Å². The molecule has 2 aliphatic rings. The van der Waals surface area contributed by atoms with E-state index in [1.54, 1.807) is 22.3 Å². The van der Waals surface area contributed by atoms with Crippen LogP contribution in [0.4, 0.5) is 0 Å². The molecule has 1 aromatic rings. The van der Waals surface area contributed by atoms with Crippen LogP contribution in [0.1, 0.15) is 32.6 Å². The molecule has 3 rings (SSSR count). The lowest BCUT2D eigenvalue weighted by molar-refractivity contribution is -0.113. The summed E-state index contributed by atoms with van der Waals surface area (Å²) in [7, 11) is -1.64. The Morgan fingerprint density at radius 3 is 2.57 bits per heavy atom. The summed E-state index contributed by atoms with van der Waals surface area (Å²) >= 11 is 0. The molecule has 0 radical (unpaired) electrons. The van der Waals surface area contributed by atoms with Crippen LogP contribution in [0, 0.1) is 5.41 Å². The monoisotopic (exact) mass is 313 g/mol. The molecule has 1 aromatic heterocycles. The maximum Gasteiger partial charge on any atom is 0.246 e. The third-order valence-corrected chi connectivity index (χ3v) is 7.01. The fourth-order valence-corrected chi connectivity index (χ4v) is 4.98. The van der Waals surface area contributed by atoms with Crippen molar-refractivity contribution in [2.75, 3.05) is 20.2 Å². The highest BCUT2D eigenvalue weighted by molar-refractivity contribution is 7.89. The van der Waals surface area contributed by atoms with E-state index in [1.165, 1.54) is 6.20 Å². The standard InChI is InChI=1S/C14H23N3O3S/c1-3-16-11-12(10-15-16)21(18,19)17-8-6-14(7-9-17)5-4-13(14)20-2/h10-11,13H,3-9H2,1-2H3. The molecule has 1 aliphatic carbocycles. The van der Waals surface area contributed by atoms with Crippen LogP contribution in [0.2, 0.25) is 0 Å².